The summed E-state index contributed by atoms with van der Waals surface area (Å²) in [6.45, 7) is 3.74. The fraction of sp³-hybridized carbons (Fsp3) is 0.222. The molecular formula is C18H18FN3O3S. The van der Waals surface area contributed by atoms with Crippen molar-refractivity contribution < 1.29 is 17.6 Å². The predicted octanol–water partition coefficient (Wildman–Crippen LogP) is 3.15. The highest BCUT2D eigenvalue weighted by molar-refractivity contribution is 7.90. The summed E-state index contributed by atoms with van der Waals surface area (Å²) in [5, 5.41) is 2.56. The van der Waals surface area contributed by atoms with Crippen LogP contribution in [-0.2, 0) is 14.8 Å². The van der Waals surface area contributed by atoms with Gasteiger partial charge in [0, 0.05) is 19.2 Å². The largest absolute Gasteiger partial charge is 0.326 e. The van der Waals surface area contributed by atoms with Crippen molar-refractivity contribution in [1.82, 2.24) is 0 Å². The SMILES string of the molecule is CCCN1C(c2ccccc2F)=NS(=O)(=O)c2cc(NC(C)=O)ccc21. The van der Waals surface area contributed by atoms with Gasteiger partial charge in [0.25, 0.3) is 10.0 Å². The Kier molecular flexibility index (Phi) is 4.78. The number of rotatable bonds is 4. The van der Waals surface area contributed by atoms with Crippen LogP contribution in [0.4, 0.5) is 15.8 Å². The molecule has 8 heteroatoms. The number of nitrogens with one attached hydrogen (secondary N) is 1. The zero-order valence-electron chi connectivity index (χ0n) is 14.4. The Labute approximate surface area is 151 Å². The Morgan fingerprint density at radius 2 is 1.96 bits per heavy atom. The highest BCUT2D eigenvalue weighted by atomic mass is 32.2. The van der Waals surface area contributed by atoms with Gasteiger partial charge in [0.1, 0.15) is 10.7 Å². The summed E-state index contributed by atoms with van der Waals surface area (Å²) < 4.78 is 43.6. The van der Waals surface area contributed by atoms with Crippen LogP contribution in [0.15, 0.2) is 51.8 Å². The lowest BCUT2D eigenvalue weighted by atomic mass is 10.1. The fourth-order valence-electron chi connectivity index (χ4n) is 2.84. The van der Waals surface area contributed by atoms with Crippen LogP contribution in [-0.4, -0.2) is 26.7 Å². The minimum atomic E-state index is -4.04. The third-order valence-electron chi connectivity index (χ3n) is 3.87. The summed E-state index contributed by atoms with van der Waals surface area (Å²) in [6.07, 6.45) is 0.709. The lowest BCUT2D eigenvalue weighted by Gasteiger charge is -2.31. The second-order valence-electron chi connectivity index (χ2n) is 5.89. The molecule has 1 amide bonds. The van der Waals surface area contributed by atoms with Crippen molar-refractivity contribution in [3.63, 3.8) is 0 Å². The van der Waals surface area contributed by atoms with Gasteiger partial charge in [0.05, 0.1) is 11.3 Å². The summed E-state index contributed by atoms with van der Waals surface area (Å²) in [4.78, 5) is 12.9. The van der Waals surface area contributed by atoms with Crippen molar-refractivity contribution in [3.05, 3.63) is 53.8 Å². The molecule has 0 saturated heterocycles. The molecule has 26 heavy (non-hydrogen) atoms. The number of amides is 1. The topological polar surface area (TPSA) is 78.8 Å². The summed E-state index contributed by atoms with van der Waals surface area (Å²) in [6, 6.07) is 10.5. The van der Waals surface area contributed by atoms with Crippen LogP contribution >= 0.6 is 0 Å². The number of sulfonamides is 1. The van der Waals surface area contributed by atoms with E-state index in [1.807, 2.05) is 6.92 Å². The second-order valence-corrected chi connectivity index (χ2v) is 7.46. The van der Waals surface area contributed by atoms with E-state index in [1.54, 1.807) is 23.1 Å². The van der Waals surface area contributed by atoms with Gasteiger partial charge < -0.3 is 10.2 Å². The summed E-state index contributed by atoms with van der Waals surface area (Å²) in [5.74, 6) is -0.787. The molecule has 0 fully saturated rings. The predicted molar refractivity (Wildman–Crippen MR) is 98.5 cm³/mol. The normalized spacial score (nSPS) is 15.2. The number of fused-ring (bicyclic) bond motifs is 1. The molecule has 0 bridgehead atoms. The van der Waals surface area contributed by atoms with E-state index in [0.717, 1.165) is 0 Å². The zero-order valence-corrected chi connectivity index (χ0v) is 15.2. The van der Waals surface area contributed by atoms with E-state index in [2.05, 4.69) is 9.71 Å². The van der Waals surface area contributed by atoms with Gasteiger partial charge in [0.15, 0.2) is 5.84 Å². The van der Waals surface area contributed by atoms with Gasteiger partial charge in [-0.25, -0.2) is 4.39 Å². The Hall–Kier alpha value is -2.74. The molecule has 0 saturated carbocycles. The van der Waals surface area contributed by atoms with E-state index < -0.39 is 15.8 Å². The monoisotopic (exact) mass is 375 g/mol. The molecule has 0 aliphatic carbocycles. The van der Waals surface area contributed by atoms with Crippen molar-refractivity contribution in [1.29, 1.82) is 0 Å². The molecule has 136 valence electrons. The van der Waals surface area contributed by atoms with E-state index in [9.17, 15) is 17.6 Å². The fourth-order valence-corrected chi connectivity index (χ4v) is 4.08. The molecule has 0 unspecified atom stereocenters. The zero-order chi connectivity index (χ0) is 18.9. The smallest absolute Gasteiger partial charge is 0.286 e. The van der Waals surface area contributed by atoms with E-state index in [-0.39, 0.29) is 22.2 Å². The van der Waals surface area contributed by atoms with E-state index in [1.165, 1.54) is 31.2 Å². The van der Waals surface area contributed by atoms with Crippen molar-refractivity contribution in [3.8, 4) is 0 Å². The second kappa shape index (κ2) is 6.87. The maximum Gasteiger partial charge on any atom is 0.286 e. The Balaban J connectivity index is 2.19. The molecule has 0 atom stereocenters. The maximum absolute atomic E-state index is 14.3. The quantitative estimate of drug-likeness (QED) is 0.890. The van der Waals surface area contributed by atoms with E-state index in [0.29, 0.717) is 24.3 Å². The van der Waals surface area contributed by atoms with Gasteiger partial charge in [-0.1, -0.05) is 19.1 Å². The van der Waals surface area contributed by atoms with Crippen LogP contribution in [0.3, 0.4) is 0 Å². The van der Waals surface area contributed by atoms with Crippen LogP contribution in [0.2, 0.25) is 0 Å². The van der Waals surface area contributed by atoms with Crippen molar-refractivity contribution in [2.24, 2.45) is 4.40 Å². The van der Waals surface area contributed by atoms with Gasteiger partial charge in [-0.15, -0.1) is 4.40 Å². The molecular weight excluding hydrogens is 357 g/mol. The molecule has 3 rings (SSSR count). The number of carbonyl (C=O) groups excluding carboxylic acids is 1. The van der Waals surface area contributed by atoms with Crippen LogP contribution < -0.4 is 10.2 Å². The first-order chi connectivity index (χ1) is 12.3. The first-order valence-corrected chi connectivity index (χ1v) is 9.56. The van der Waals surface area contributed by atoms with Gasteiger partial charge in [0.2, 0.25) is 5.91 Å². The number of anilines is 2. The number of halogens is 1. The average Bonchev–Trinajstić information content (AvgIpc) is 2.57. The number of hydrogen-bond donors (Lipinski definition) is 1. The van der Waals surface area contributed by atoms with E-state index in [4.69, 9.17) is 0 Å². The van der Waals surface area contributed by atoms with Crippen LogP contribution in [0.1, 0.15) is 25.8 Å². The highest BCUT2D eigenvalue weighted by Crippen LogP contribution is 2.35. The third-order valence-corrected chi connectivity index (χ3v) is 5.17. The highest BCUT2D eigenvalue weighted by Gasteiger charge is 2.32. The molecule has 1 aliphatic rings. The van der Waals surface area contributed by atoms with Crippen molar-refractivity contribution >= 4 is 33.1 Å². The minimum absolute atomic E-state index is 0.0164. The van der Waals surface area contributed by atoms with Gasteiger partial charge in [-0.3, -0.25) is 4.79 Å². The number of amidine groups is 1. The maximum atomic E-state index is 14.3. The number of nitrogens with zero attached hydrogens (tertiary/aromatic N) is 2. The Morgan fingerprint density at radius 3 is 2.62 bits per heavy atom. The summed E-state index contributed by atoms with van der Waals surface area (Å²) in [7, 11) is -4.04. The number of hydrogen-bond acceptors (Lipinski definition) is 4. The lowest BCUT2D eigenvalue weighted by molar-refractivity contribution is -0.114. The Morgan fingerprint density at radius 1 is 1.23 bits per heavy atom. The molecule has 0 radical (unpaired) electrons. The van der Waals surface area contributed by atoms with Gasteiger partial charge in [-0.2, -0.15) is 8.42 Å². The lowest BCUT2D eigenvalue weighted by Crippen LogP contribution is -2.37. The molecule has 1 heterocycles. The summed E-state index contributed by atoms with van der Waals surface area (Å²) in [5.41, 5.74) is 0.899. The van der Waals surface area contributed by atoms with Gasteiger partial charge >= 0.3 is 0 Å². The molecule has 1 N–H and O–H groups in total. The van der Waals surface area contributed by atoms with Crippen LogP contribution in [0, 0.1) is 5.82 Å². The average molecular weight is 375 g/mol. The minimum Gasteiger partial charge on any atom is -0.326 e. The molecule has 6 nitrogen and oxygen atoms in total. The van der Waals surface area contributed by atoms with Crippen LogP contribution in [0.5, 0.6) is 0 Å². The number of carbonyl (C=O) groups is 1. The first kappa shape index (κ1) is 18.1. The molecule has 2 aromatic rings. The third kappa shape index (κ3) is 3.32. The van der Waals surface area contributed by atoms with Crippen molar-refractivity contribution in [2.75, 3.05) is 16.8 Å². The molecule has 0 aromatic heterocycles. The van der Waals surface area contributed by atoms with Crippen molar-refractivity contribution in [2.45, 2.75) is 25.2 Å². The summed E-state index contributed by atoms with van der Waals surface area (Å²) >= 11 is 0. The molecule has 0 spiro atoms. The number of benzene rings is 2. The van der Waals surface area contributed by atoms with Crippen LogP contribution in [0.25, 0.3) is 0 Å². The standard InChI is InChI=1S/C18H18FN3O3S/c1-3-10-22-16-9-8-13(20-12(2)23)11-17(16)26(24,25)21-18(22)14-6-4-5-7-15(14)19/h4-9,11H,3,10H2,1-2H3,(H,20,23). The Bertz CT molecular complexity index is 1000. The van der Waals surface area contributed by atoms with E-state index >= 15 is 0 Å². The molecule has 1 aliphatic heterocycles. The molecule has 2 aromatic carbocycles. The van der Waals surface area contributed by atoms with Gasteiger partial charge in [-0.05, 0) is 36.8 Å². The first-order valence-electron chi connectivity index (χ1n) is 8.12.